The monoisotopic (exact) mass is 437 g/mol. The predicted octanol–water partition coefficient (Wildman–Crippen LogP) is 5.48. The molecule has 0 aromatic heterocycles. The Labute approximate surface area is 183 Å². The molecule has 0 aliphatic rings. The van der Waals surface area contributed by atoms with Crippen molar-refractivity contribution in [1.29, 1.82) is 0 Å². The molecule has 0 heterocycles. The summed E-state index contributed by atoms with van der Waals surface area (Å²) in [6.45, 7) is 4.12. The van der Waals surface area contributed by atoms with Crippen LogP contribution in [-0.2, 0) is 22.9 Å². The Balaban J connectivity index is 1.72. The molecule has 0 amide bonds. The summed E-state index contributed by atoms with van der Waals surface area (Å²) < 4.78 is 28.5. The molecule has 6 heteroatoms. The second kappa shape index (κ2) is 9.79. The Morgan fingerprint density at radius 3 is 2.10 bits per heavy atom. The zero-order valence-corrected chi connectivity index (χ0v) is 18.5. The molecule has 2 N–H and O–H groups in total. The smallest absolute Gasteiger partial charge is 0.335 e. The molecular formula is C25H27NO4S. The van der Waals surface area contributed by atoms with E-state index in [1.54, 1.807) is 36.4 Å². The van der Waals surface area contributed by atoms with Crippen LogP contribution in [0.2, 0.25) is 0 Å². The number of hydrogen-bond donors (Lipinski definition) is 2. The highest BCUT2D eigenvalue weighted by Crippen LogP contribution is 2.24. The molecule has 0 aliphatic heterocycles. The highest BCUT2D eigenvalue weighted by atomic mass is 32.2. The van der Waals surface area contributed by atoms with Gasteiger partial charge in [0, 0.05) is 0 Å². The normalized spacial score (nSPS) is 11.5. The fourth-order valence-corrected chi connectivity index (χ4v) is 4.59. The molecule has 3 rings (SSSR count). The lowest BCUT2D eigenvalue weighted by Crippen LogP contribution is -2.14. The first kappa shape index (κ1) is 22.6. The third kappa shape index (κ3) is 5.73. The lowest BCUT2D eigenvalue weighted by molar-refractivity contribution is 0.0695. The van der Waals surface area contributed by atoms with Crippen LogP contribution in [0.3, 0.4) is 0 Å². The minimum atomic E-state index is -3.70. The minimum absolute atomic E-state index is 0.224. The fourth-order valence-electron chi connectivity index (χ4n) is 3.49. The van der Waals surface area contributed by atoms with Crippen molar-refractivity contribution in [3.05, 3.63) is 95.1 Å². The van der Waals surface area contributed by atoms with Gasteiger partial charge >= 0.3 is 5.97 Å². The molecule has 3 aromatic rings. The molecule has 5 nitrogen and oxygen atoms in total. The fraction of sp³-hybridized carbons (Fsp3) is 0.240. The van der Waals surface area contributed by atoms with Gasteiger partial charge in [0.25, 0.3) is 10.0 Å². The number of rotatable bonds is 9. The number of aromatic carboxylic acids is 1. The van der Waals surface area contributed by atoms with Crippen molar-refractivity contribution in [2.75, 3.05) is 4.72 Å². The number of nitrogens with one attached hydrogen (secondary N) is 1. The maximum atomic E-state index is 12.9. The first-order valence-electron chi connectivity index (χ1n) is 10.3. The second-order valence-electron chi connectivity index (χ2n) is 7.80. The number of hydrogen-bond acceptors (Lipinski definition) is 3. The molecule has 0 saturated carbocycles. The van der Waals surface area contributed by atoms with Gasteiger partial charge in [-0.25, -0.2) is 13.2 Å². The van der Waals surface area contributed by atoms with Crippen LogP contribution >= 0.6 is 0 Å². The lowest BCUT2D eigenvalue weighted by atomic mass is 9.99. The van der Waals surface area contributed by atoms with Crippen molar-refractivity contribution >= 4 is 21.7 Å². The molecule has 0 atom stereocenters. The Morgan fingerprint density at radius 1 is 0.871 bits per heavy atom. The summed E-state index contributed by atoms with van der Waals surface area (Å²) >= 11 is 0. The van der Waals surface area contributed by atoms with E-state index in [0.29, 0.717) is 36.4 Å². The number of anilines is 1. The van der Waals surface area contributed by atoms with Gasteiger partial charge in [0.1, 0.15) is 0 Å². The van der Waals surface area contributed by atoms with Crippen LogP contribution in [0, 0.1) is 0 Å². The molecule has 0 radical (unpaired) electrons. The third-order valence-electron chi connectivity index (χ3n) is 5.26. The van der Waals surface area contributed by atoms with Crippen molar-refractivity contribution in [1.82, 2.24) is 0 Å². The van der Waals surface area contributed by atoms with Crippen LogP contribution in [0.15, 0.2) is 77.7 Å². The van der Waals surface area contributed by atoms with Gasteiger partial charge in [-0.3, -0.25) is 4.72 Å². The van der Waals surface area contributed by atoms with E-state index >= 15 is 0 Å². The molecular weight excluding hydrogens is 410 g/mol. The van der Waals surface area contributed by atoms with E-state index in [9.17, 15) is 18.3 Å². The highest BCUT2D eigenvalue weighted by Gasteiger charge is 2.16. The molecule has 3 aromatic carbocycles. The van der Waals surface area contributed by atoms with Crippen molar-refractivity contribution in [2.45, 2.75) is 43.9 Å². The van der Waals surface area contributed by atoms with Crippen LogP contribution in [0.1, 0.15) is 53.2 Å². The molecule has 0 aliphatic carbocycles. The standard InChI is InChI=1S/C25H27NO4S/c1-18(2)19-14-16-22(17-15-19)31(29,30)26-24-13-6-4-9-21(24)11-7-10-20-8-3-5-12-23(20)25(27)28/h3-6,8-9,12-18,26H,7,10-11H2,1-2H3,(H,27,28). The van der Waals surface area contributed by atoms with Crippen molar-refractivity contribution < 1.29 is 18.3 Å². The Hall–Kier alpha value is -3.12. The molecule has 162 valence electrons. The molecule has 0 fully saturated rings. The van der Waals surface area contributed by atoms with Gasteiger partial charge in [0.05, 0.1) is 16.1 Å². The summed E-state index contributed by atoms with van der Waals surface area (Å²) in [4.78, 5) is 11.6. The van der Waals surface area contributed by atoms with Gasteiger partial charge < -0.3 is 5.11 Å². The molecule has 31 heavy (non-hydrogen) atoms. The third-order valence-corrected chi connectivity index (χ3v) is 6.64. The van der Waals surface area contributed by atoms with Gasteiger partial charge in [-0.15, -0.1) is 0 Å². The van der Waals surface area contributed by atoms with Crippen LogP contribution < -0.4 is 4.72 Å². The average molecular weight is 438 g/mol. The summed E-state index contributed by atoms with van der Waals surface area (Å²) in [5.41, 5.74) is 3.58. The maximum absolute atomic E-state index is 12.9. The van der Waals surface area contributed by atoms with Crippen LogP contribution in [0.5, 0.6) is 0 Å². The van der Waals surface area contributed by atoms with E-state index in [4.69, 9.17) is 0 Å². The largest absolute Gasteiger partial charge is 0.478 e. The van der Waals surface area contributed by atoms with E-state index in [-0.39, 0.29) is 4.90 Å². The zero-order valence-electron chi connectivity index (χ0n) is 17.7. The number of carboxylic acid groups (broad SMARTS) is 1. The minimum Gasteiger partial charge on any atom is -0.478 e. The van der Waals surface area contributed by atoms with Crippen molar-refractivity contribution in [2.24, 2.45) is 0 Å². The molecule has 0 spiro atoms. The number of benzene rings is 3. The SMILES string of the molecule is CC(C)c1ccc(S(=O)(=O)Nc2ccccc2CCCc2ccccc2C(=O)O)cc1. The topological polar surface area (TPSA) is 83.5 Å². The first-order chi connectivity index (χ1) is 14.8. The van der Waals surface area contributed by atoms with Gasteiger partial charge in [-0.2, -0.15) is 0 Å². The Kier molecular flexibility index (Phi) is 7.13. The number of sulfonamides is 1. The van der Waals surface area contributed by atoms with Crippen molar-refractivity contribution in [3.8, 4) is 0 Å². The summed E-state index contributed by atoms with van der Waals surface area (Å²) in [6, 6.07) is 21.2. The maximum Gasteiger partial charge on any atom is 0.335 e. The van der Waals surface area contributed by atoms with E-state index in [1.807, 2.05) is 36.4 Å². The molecule has 0 unspecified atom stereocenters. The van der Waals surface area contributed by atoms with Gasteiger partial charge in [0.15, 0.2) is 0 Å². The lowest BCUT2D eigenvalue weighted by Gasteiger charge is -2.14. The summed E-state index contributed by atoms with van der Waals surface area (Å²) in [5, 5.41) is 9.33. The number of para-hydroxylation sites is 1. The molecule has 0 saturated heterocycles. The van der Waals surface area contributed by atoms with Gasteiger partial charge in [0.2, 0.25) is 0 Å². The van der Waals surface area contributed by atoms with E-state index in [0.717, 1.165) is 16.7 Å². The van der Waals surface area contributed by atoms with Gasteiger partial charge in [-0.05, 0) is 66.1 Å². The number of carboxylic acids is 1. The van der Waals surface area contributed by atoms with E-state index in [2.05, 4.69) is 18.6 Å². The highest BCUT2D eigenvalue weighted by molar-refractivity contribution is 7.92. The van der Waals surface area contributed by atoms with Gasteiger partial charge in [-0.1, -0.05) is 62.4 Å². The number of aryl methyl sites for hydroxylation is 2. The summed E-state index contributed by atoms with van der Waals surface area (Å²) in [5.74, 6) is -0.607. The van der Waals surface area contributed by atoms with Crippen LogP contribution in [-0.4, -0.2) is 19.5 Å². The summed E-state index contributed by atoms with van der Waals surface area (Å²) in [6.07, 6.45) is 1.92. The quantitative estimate of drug-likeness (QED) is 0.464. The van der Waals surface area contributed by atoms with E-state index in [1.165, 1.54) is 0 Å². The second-order valence-corrected chi connectivity index (χ2v) is 9.48. The average Bonchev–Trinajstić information content (AvgIpc) is 2.75. The predicted molar refractivity (Wildman–Crippen MR) is 123 cm³/mol. The number of carbonyl (C=O) groups is 1. The summed E-state index contributed by atoms with van der Waals surface area (Å²) in [7, 11) is -3.70. The Bertz CT molecular complexity index is 1150. The first-order valence-corrected chi connectivity index (χ1v) is 11.8. The van der Waals surface area contributed by atoms with E-state index < -0.39 is 16.0 Å². The Morgan fingerprint density at radius 2 is 1.45 bits per heavy atom. The van der Waals surface area contributed by atoms with Crippen molar-refractivity contribution in [3.63, 3.8) is 0 Å². The molecule has 0 bridgehead atoms. The zero-order chi connectivity index (χ0) is 22.4. The van der Waals surface area contributed by atoms with Crippen LogP contribution in [0.25, 0.3) is 0 Å². The van der Waals surface area contributed by atoms with Crippen LogP contribution in [0.4, 0.5) is 5.69 Å².